The predicted molar refractivity (Wildman–Crippen MR) is 127 cm³/mol. The molecule has 0 aliphatic carbocycles. The number of aliphatic hydroxyl groups is 1. The highest BCUT2D eigenvalue weighted by Crippen LogP contribution is 2.42. The summed E-state index contributed by atoms with van der Waals surface area (Å²) in [5, 5.41) is 24.7. The average molecular weight is 478 g/mol. The van der Waals surface area contributed by atoms with Gasteiger partial charge in [0.05, 0.1) is 12.7 Å². The molecule has 2 unspecified atom stereocenters. The minimum atomic E-state index is -0.225. The number of fused-ring (bicyclic) bond motifs is 3. The first-order chi connectivity index (χ1) is 15.0. The summed E-state index contributed by atoms with van der Waals surface area (Å²) in [5.74, 6) is 1.56. The van der Waals surface area contributed by atoms with E-state index >= 15 is 0 Å². The van der Waals surface area contributed by atoms with Gasteiger partial charge < -0.3 is 15.3 Å². The molecule has 3 aromatic rings. The number of hydrogen-bond acceptors (Lipinski definition) is 5. The van der Waals surface area contributed by atoms with Gasteiger partial charge in [0, 0.05) is 33.9 Å². The monoisotopic (exact) mass is 477 g/mol. The summed E-state index contributed by atoms with van der Waals surface area (Å²) in [6, 6.07) is 12.6. The van der Waals surface area contributed by atoms with Crippen LogP contribution in [-0.4, -0.2) is 33.5 Å². The van der Waals surface area contributed by atoms with Crippen LogP contribution in [0.25, 0.3) is 15.6 Å². The zero-order valence-electron chi connectivity index (χ0n) is 17.3. The van der Waals surface area contributed by atoms with Crippen LogP contribution in [0.2, 0.25) is 0 Å². The molecule has 2 saturated heterocycles. The number of benzene rings is 2. The van der Waals surface area contributed by atoms with E-state index in [1.54, 1.807) is 0 Å². The molecular weight excluding hydrogens is 454 g/mol. The first-order valence-corrected chi connectivity index (χ1v) is 11.5. The highest BCUT2D eigenvalue weighted by Gasteiger charge is 2.41. The molecule has 5 rings (SSSR count). The fourth-order valence-corrected chi connectivity index (χ4v) is 5.37. The van der Waals surface area contributed by atoms with Gasteiger partial charge in [-0.3, -0.25) is 0 Å². The van der Waals surface area contributed by atoms with Crippen LogP contribution in [0.1, 0.15) is 36.8 Å². The van der Waals surface area contributed by atoms with Crippen molar-refractivity contribution >= 4 is 44.0 Å². The van der Waals surface area contributed by atoms with Gasteiger partial charge in [0.1, 0.15) is 0 Å². The molecule has 7 heteroatoms. The van der Waals surface area contributed by atoms with Crippen molar-refractivity contribution in [1.29, 1.82) is 0 Å². The molecule has 2 atom stereocenters. The maximum Gasteiger partial charge on any atom is 0.188 e. The molecule has 1 aromatic heterocycles. The third-order valence-corrected chi connectivity index (χ3v) is 7.38. The van der Waals surface area contributed by atoms with Gasteiger partial charge in [-0.2, -0.15) is 0 Å². The summed E-state index contributed by atoms with van der Waals surface area (Å²) in [7, 11) is 0. The number of anilines is 2. The van der Waals surface area contributed by atoms with Gasteiger partial charge in [0.15, 0.2) is 17.3 Å². The zero-order valence-corrected chi connectivity index (χ0v) is 18.9. The summed E-state index contributed by atoms with van der Waals surface area (Å²) in [6.07, 6.45) is 3.49. The van der Waals surface area contributed by atoms with E-state index in [0.29, 0.717) is 30.1 Å². The molecule has 31 heavy (non-hydrogen) atoms. The van der Waals surface area contributed by atoms with E-state index in [1.807, 2.05) is 18.2 Å². The van der Waals surface area contributed by atoms with Gasteiger partial charge in [-0.05, 0) is 55.9 Å². The van der Waals surface area contributed by atoms with Crippen molar-refractivity contribution in [3.05, 3.63) is 63.4 Å². The summed E-state index contributed by atoms with van der Waals surface area (Å²) >= 11 is 3.59. The molecule has 2 aliphatic rings. The molecular formula is C24H24BrN5O. The number of piperidine rings is 1. The Hall–Kier alpha value is -2.69. The van der Waals surface area contributed by atoms with Gasteiger partial charge >= 0.3 is 0 Å². The van der Waals surface area contributed by atoms with Gasteiger partial charge in [-0.25, -0.2) is 4.85 Å². The molecule has 3 heterocycles. The zero-order chi connectivity index (χ0) is 21.5. The van der Waals surface area contributed by atoms with E-state index in [1.165, 1.54) is 5.56 Å². The van der Waals surface area contributed by atoms with Crippen LogP contribution >= 0.6 is 15.9 Å². The third kappa shape index (κ3) is 3.75. The van der Waals surface area contributed by atoms with Crippen molar-refractivity contribution in [2.45, 2.75) is 57.3 Å². The number of halogens is 1. The fourth-order valence-electron chi connectivity index (χ4n) is 4.95. The van der Waals surface area contributed by atoms with Crippen LogP contribution < -0.4 is 10.2 Å². The largest absolute Gasteiger partial charge is 0.393 e. The molecule has 2 N–H and O–H groups in total. The lowest BCUT2D eigenvalue weighted by Crippen LogP contribution is -2.45. The van der Waals surface area contributed by atoms with E-state index < -0.39 is 0 Å². The predicted octanol–water partition coefficient (Wildman–Crippen LogP) is 5.36. The highest BCUT2D eigenvalue weighted by atomic mass is 79.9. The molecule has 0 amide bonds. The molecule has 2 aliphatic heterocycles. The Morgan fingerprint density at radius 2 is 1.90 bits per heavy atom. The highest BCUT2D eigenvalue weighted by molar-refractivity contribution is 9.10. The van der Waals surface area contributed by atoms with Crippen molar-refractivity contribution in [2.75, 3.05) is 10.2 Å². The van der Waals surface area contributed by atoms with Gasteiger partial charge in [0.25, 0.3) is 0 Å². The standard InChI is InChI=1S/C24H24BrN5O/c1-14-3-4-15(9-22(14)25)13-27-23-21-10-16(26-2)5-8-20(21)24(29-28-23)30-17-6-7-18(30)12-19(31)11-17/h3-5,8-10,17-19,31H,6-7,11-13H2,1H3,(H,27,28). The lowest BCUT2D eigenvalue weighted by atomic mass is 9.99. The fraction of sp³-hybridized carbons (Fsp3) is 0.375. The summed E-state index contributed by atoms with van der Waals surface area (Å²) in [4.78, 5) is 5.98. The Morgan fingerprint density at radius 3 is 2.61 bits per heavy atom. The van der Waals surface area contributed by atoms with Crippen LogP contribution in [0.4, 0.5) is 17.3 Å². The molecule has 6 nitrogen and oxygen atoms in total. The Labute approximate surface area is 190 Å². The first-order valence-electron chi connectivity index (χ1n) is 10.7. The quantitative estimate of drug-likeness (QED) is 0.495. The number of hydrogen-bond donors (Lipinski definition) is 2. The molecule has 0 radical (unpaired) electrons. The second-order valence-corrected chi connectivity index (χ2v) is 9.42. The second kappa shape index (κ2) is 8.10. The number of aryl methyl sites for hydroxylation is 1. The van der Waals surface area contributed by atoms with Crippen molar-refractivity contribution in [3.8, 4) is 0 Å². The first kappa shape index (κ1) is 20.2. The number of nitrogens with one attached hydrogen (secondary N) is 1. The molecule has 2 bridgehead atoms. The molecule has 0 saturated carbocycles. The number of nitrogens with zero attached hydrogens (tertiary/aromatic N) is 4. The molecule has 2 fully saturated rings. The third-order valence-electron chi connectivity index (χ3n) is 6.52. The molecule has 2 aromatic carbocycles. The lowest BCUT2D eigenvalue weighted by molar-refractivity contribution is 0.126. The van der Waals surface area contributed by atoms with Crippen LogP contribution in [0.3, 0.4) is 0 Å². The lowest BCUT2D eigenvalue weighted by Gasteiger charge is -2.38. The van der Waals surface area contributed by atoms with Gasteiger partial charge in [-0.1, -0.05) is 40.2 Å². The van der Waals surface area contributed by atoms with Gasteiger partial charge in [-0.15, -0.1) is 10.2 Å². The summed E-state index contributed by atoms with van der Waals surface area (Å²) < 4.78 is 1.08. The Morgan fingerprint density at radius 1 is 1.13 bits per heavy atom. The van der Waals surface area contributed by atoms with E-state index in [4.69, 9.17) is 6.57 Å². The van der Waals surface area contributed by atoms with Crippen LogP contribution in [0.15, 0.2) is 40.9 Å². The van der Waals surface area contributed by atoms with E-state index in [2.05, 4.69) is 66.3 Å². The van der Waals surface area contributed by atoms with Crippen LogP contribution in [-0.2, 0) is 6.54 Å². The number of aliphatic hydroxyl groups excluding tert-OH is 1. The average Bonchev–Trinajstić information content (AvgIpc) is 3.04. The topological polar surface area (TPSA) is 65.6 Å². The molecule has 158 valence electrons. The van der Waals surface area contributed by atoms with Crippen molar-refractivity contribution in [2.24, 2.45) is 0 Å². The van der Waals surface area contributed by atoms with E-state index in [9.17, 15) is 5.11 Å². The van der Waals surface area contributed by atoms with E-state index in [-0.39, 0.29) is 6.10 Å². The molecule has 0 spiro atoms. The van der Waals surface area contributed by atoms with E-state index in [0.717, 1.165) is 52.3 Å². The van der Waals surface area contributed by atoms with Crippen LogP contribution in [0.5, 0.6) is 0 Å². The van der Waals surface area contributed by atoms with Crippen molar-refractivity contribution < 1.29 is 5.11 Å². The summed E-state index contributed by atoms with van der Waals surface area (Å²) in [5.41, 5.74) is 2.92. The number of rotatable bonds is 4. The Kier molecular flexibility index (Phi) is 5.28. The maximum atomic E-state index is 10.2. The normalized spacial score (nSPS) is 22.5. The van der Waals surface area contributed by atoms with Crippen molar-refractivity contribution in [3.63, 3.8) is 0 Å². The van der Waals surface area contributed by atoms with Gasteiger partial charge in [0.2, 0.25) is 0 Å². The smallest absolute Gasteiger partial charge is 0.188 e. The minimum Gasteiger partial charge on any atom is -0.393 e. The summed E-state index contributed by atoms with van der Waals surface area (Å²) in [6.45, 7) is 10.1. The number of aromatic nitrogens is 2. The minimum absolute atomic E-state index is 0.225. The Bertz CT molecular complexity index is 1180. The van der Waals surface area contributed by atoms with Crippen LogP contribution in [0, 0.1) is 13.5 Å². The maximum absolute atomic E-state index is 10.2. The SMILES string of the molecule is [C-]#[N+]c1ccc2c(N3C4CCC3CC(O)C4)nnc(NCc3ccc(C)c(Br)c3)c2c1. The second-order valence-electron chi connectivity index (χ2n) is 8.57. The Balaban J connectivity index is 1.52. The van der Waals surface area contributed by atoms with Crippen molar-refractivity contribution in [1.82, 2.24) is 10.2 Å².